The monoisotopic (exact) mass is 309 g/mol. The molecule has 0 bridgehead atoms. The average Bonchev–Trinajstić information content (AvgIpc) is 2.56. The van der Waals surface area contributed by atoms with Crippen molar-refractivity contribution in [3.63, 3.8) is 0 Å². The molecular formula is C18H15NO4. The number of carbonyl (C=O) groups is 1. The van der Waals surface area contributed by atoms with Crippen molar-refractivity contribution in [1.82, 2.24) is 4.98 Å². The zero-order chi connectivity index (χ0) is 16.4. The molecule has 0 N–H and O–H groups in total. The van der Waals surface area contributed by atoms with Gasteiger partial charge in [-0.3, -0.25) is 4.79 Å². The van der Waals surface area contributed by atoms with Crippen molar-refractivity contribution in [2.75, 3.05) is 0 Å². The molecule has 0 spiro atoms. The number of hydrogen-bond donors (Lipinski definition) is 0. The summed E-state index contributed by atoms with van der Waals surface area (Å²) in [4.78, 5) is 28.2. The molecule has 0 aliphatic rings. The second kappa shape index (κ2) is 6.04. The van der Waals surface area contributed by atoms with Gasteiger partial charge in [0.1, 0.15) is 5.75 Å². The topological polar surface area (TPSA) is 69.4 Å². The summed E-state index contributed by atoms with van der Waals surface area (Å²) in [5.41, 5.74) is 0.697. The smallest absolute Gasteiger partial charge is 0.347 e. The summed E-state index contributed by atoms with van der Waals surface area (Å²) in [5.74, 6) is -0.0453. The number of aromatic nitrogens is 1. The minimum atomic E-state index is -0.517. The van der Waals surface area contributed by atoms with Crippen LogP contribution in [-0.2, 0) is 4.79 Å². The molecule has 0 saturated heterocycles. The Bertz CT molecular complexity index is 913. The summed E-state index contributed by atoms with van der Waals surface area (Å²) in [6.07, 6.45) is 0. The molecule has 2 aromatic carbocycles. The van der Waals surface area contributed by atoms with Crippen LogP contribution in [0.15, 0.2) is 57.7 Å². The fourth-order valence-corrected chi connectivity index (χ4v) is 2.05. The first-order chi connectivity index (χ1) is 11.0. The molecule has 3 rings (SSSR count). The van der Waals surface area contributed by atoms with E-state index in [0.717, 1.165) is 5.56 Å². The molecule has 1 heterocycles. The predicted octanol–water partition coefficient (Wildman–Crippen LogP) is 3.42. The lowest BCUT2D eigenvalue weighted by atomic mass is 10.2. The SMILES string of the molecule is CC(C)C(=O)Oc1ccc2nc(-c3ccccc3)oc(=O)c2c1. The van der Waals surface area contributed by atoms with Crippen LogP contribution in [0.3, 0.4) is 0 Å². The van der Waals surface area contributed by atoms with Gasteiger partial charge in [0.2, 0.25) is 5.89 Å². The van der Waals surface area contributed by atoms with Crippen LogP contribution < -0.4 is 10.4 Å². The first kappa shape index (κ1) is 15.0. The summed E-state index contributed by atoms with van der Waals surface area (Å²) in [7, 11) is 0. The van der Waals surface area contributed by atoms with Crippen molar-refractivity contribution < 1.29 is 13.9 Å². The minimum absolute atomic E-state index is 0.249. The number of nitrogens with zero attached hydrogens (tertiary/aromatic N) is 1. The number of rotatable bonds is 3. The predicted molar refractivity (Wildman–Crippen MR) is 86.2 cm³/mol. The van der Waals surface area contributed by atoms with Gasteiger partial charge in [0.25, 0.3) is 0 Å². The van der Waals surface area contributed by atoms with Gasteiger partial charge in [0.05, 0.1) is 16.8 Å². The Morgan fingerprint density at radius 1 is 1.13 bits per heavy atom. The van der Waals surface area contributed by atoms with Crippen molar-refractivity contribution in [2.24, 2.45) is 5.92 Å². The van der Waals surface area contributed by atoms with Gasteiger partial charge in [-0.25, -0.2) is 9.78 Å². The third-order valence-electron chi connectivity index (χ3n) is 3.31. The molecule has 0 atom stereocenters. The molecular weight excluding hydrogens is 294 g/mol. The maximum absolute atomic E-state index is 12.2. The minimum Gasteiger partial charge on any atom is -0.426 e. The van der Waals surface area contributed by atoms with E-state index in [2.05, 4.69) is 4.98 Å². The van der Waals surface area contributed by atoms with Crippen molar-refractivity contribution in [3.05, 3.63) is 59.0 Å². The first-order valence-electron chi connectivity index (χ1n) is 7.26. The first-order valence-corrected chi connectivity index (χ1v) is 7.26. The maximum atomic E-state index is 12.2. The highest BCUT2D eigenvalue weighted by Crippen LogP contribution is 2.21. The lowest BCUT2D eigenvalue weighted by molar-refractivity contribution is -0.137. The van der Waals surface area contributed by atoms with Gasteiger partial charge in [-0.15, -0.1) is 0 Å². The molecule has 0 amide bonds. The van der Waals surface area contributed by atoms with E-state index in [-0.39, 0.29) is 23.2 Å². The standard InChI is InChI=1S/C18H15NO4/c1-11(2)17(20)22-13-8-9-15-14(10-13)18(21)23-16(19-15)12-6-4-3-5-7-12/h3-11H,1-2H3. The van der Waals surface area contributed by atoms with Gasteiger partial charge in [-0.05, 0) is 30.3 Å². The normalized spacial score (nSPS) is 10.9. The highest BCUT2D eigenvalue weighted by molar-refractivity contribution is 5.82. The number of fused-ring (bicyclic) bond motifs is 1. The van der Waals surface area contributed by atoms with Crippen LogP contribution in [0.4, 0.5) is 0 Å². The van der Waals surface area contributed by atoms with E-state index in [1.54, 1.807) is 26.0 Å². The van der Waals surface area contributed by atoms with Crippen molar-refractivity contribution in [1.29, 1.82) is 0 Å². The molecule has 116 valence electrons. The highest BCUT2D eigenvalue weighted by atomic mass is 16.5. The second-order valence-corrected chi connectivity index (χ2v) is 5.43. The van der Waals surface area contributed by atoms with Gasteiger partial charge in [-0.2, -0.15) is 0 Å². The largest absolute Gasteiger partial charge is 0.426 e. The molecule has 5 nitrogen and oxygen atoms in total. The zero-order valence-corrected chi connectivity index (χ0v) is 12.8. The molecule has 0 fully saturated rings. The van der Waals surface area contributed by atoms with Gasteiger partial charge >= 0.3 is 11.6 Å². The third kappa shape index (κ3) is 3.13. The number of carbonyl (C=O) groups excluding carboxylic acids is 1. The van der Waals surface area contributed by atoms with Crippen LogP contribution in [0.25, 0.3) is 22.4 Å². The number of esters is 1. The molecule has 5 heteroatoms. The van der Waals surface area contributed by atoms with Crippen LogP contribution in [0.5, 0.6) is 5.75 Å². The Kier molecular flexibility index (Phi) is 3.93. The third-order valence-corrected chi connectivity index (χ3v) is 3.31. The average molecular weight is 309 g/mol. The number of ether oxygens (including phenoxy) is 1. The van der Waals surface area contributed by atoms with Crippen LogP contribution in [0.2, 0.25) is 0 Å². The van der Waals surface area contributed by atoms with E-state index in [1.165, 1.54) is 6.07 Å². The molecule has 1 aromatic heterocycles. The summed E-state index contributed by atoms with van der Waals surface area (Å²) in [6.45, 7) is 3.48. The van der Waals surface area contributed by atoms with Gasteiger partial charge < -0.3 is 9.15 Å². The van der Waals surface area contributed by atoms with Crippen LogP contribution in [-0.4, -0.2) is 11.0 Å². The van der Waals surface area contributed by atoms with E-state index < -0.39 is 5.63 Å². The lowest BCUT2D eigenvalue weighted by Gasteiger charge is -2.07. The van der Waals surface area contributed by atoms with E-state index in [9.17, 15) is 9.59 Å². The number of hydrogen-bond acceptors (Lipinski definition) is 5. The lowest BCUT2D eigenvalue weighted by Crippen LogP contribution is -2.15. The molecule has 0 aliphatic carbocycles. The van der Waals surface area contributed by atoms with Crippen molar-refractivity contribution in [3.8, 4) is 17.2 Å². The highest BCUT2D eigenvalue weighted by Gasteiger charge is 2.13. The summed E-state index contributed by atoms with van der Waals surface area (Å²) >= 11 is 0. The molecule has 0 unspecified atom stereocenters. The summed E-state index contributed by atoms with van der Waals surface area (Å²) < 4.78 is 10.5. The summed E-state index contributed by atoms with van der Waals surface area (Å²) in [5, 5.41) is 0.277. The van der Waals surface area contributed by atoms with Gasteiger partial charge in [0, 0.05) is 5.56 Å². The molecule has 0 aliphatic heterocycles. The van der Waals surface area contributed by atoms with Crippen LogP contribution in [0.1, 0.15) is 13.8 Å². The van der Waals surface area contributed by atoms with Crippen LogP contribution >= 0.6 is 0 Å². The maximum Gasteiger partial charge on any atom is 0.347 e. The van der Waals surface area contributed by atoms with E-state index in [4.69, 9.17) is 9.15 Å². The molecule has 23 heavy (non-hydrogen) atoms. The Balaban J connectivity index is 2.03. The van der Waals surface area contributed by atoms with E-state index >= 15 is 0 Å². The second-order valence-electron chi connectivity index (χ2n) is 5.43. The van der Waals surface area contributed by atoms with E-state index in [0.29, 0.717) is 11.3 Å². The zero-order valence-electron chi connectivity index (χ0n) is 12.8. The quantitative estimate of drug-likeness (QED) is 0.547. The molecule has 0 radical (unpaired) electrons. The van der Waals surface area contributed by atoms with E-state index in [1.807, 2.05) is 30.3 Å². The molecule has 3 aromatic rings. The van der Waals surface area contributed by atoms with Crippen molar-refractivity contribution in [2.45, 2.75) is 13.8 Å². The Hall–Kier alpha value is -2.95. The Morgan fingerprint density at radius 2 is 1.87 bits per heavy atom. The van der Waals surface area contributed by atoms with Gasteiger partial charge in [-0.1, -0.05) is 32.0 Å². The van der Waals surface area contributed by atoms with Crippen LogP contribution in [0, 0.1) is 5.92 Å². The fourth-order valence-electron chi connectivity index (χ4n) is 2.05. The number of benzene rings is 2. The van der Waals surface area contributed by atoms with Gasteiger partial charge in [0.15, 0.2) is 0 Å². The fraction of sp³-hybridized carbons (Fsp3) is 0.167. The van der Waals surface area contributed by atoms with Crippen molar-refractivity contribution >= 4 is 16.9 Å². The summed E-state index contributed by atoms with van der Waals surface area (Å²) in [6, 6.07) is 13.9. The Morgan fingerprint density at radius 3 is 2.57 bits per heavy atom. The Labute approximate surface area is 132 Å². The molecule has 0 saturated carbocycles.